The third kappa shape index (κ3) is 4.84. The minimum Gasteiger partial charge on any atom is -0.339 e. The van der Waals surface area contributed by atoms with Crippen LogP contribution in [0.5, 0.6) is 0 Å². The van der Waals surface area contributed by atoms with Crippen molar-refractivity contribution in [3.63, 3.8) is 0 Å². The van der Waals surface area contributed by atoms with Gasteiger partial charge in [-0.15, -0.1) is 0 Å². The van der Waals surface area contributed by atoms with Crippen LogP contribution in [0, 0.1) is 6.92 Å². The van der Waals surface area contributed by atoms with Gasteiger partial charge in [-0.1, -0.05) is 48.5 Å². The molecule has 0 radical (unpaired) electrons. The van der Waals surface area contributed by atoms with Gasteiger partial charge in [0.2, 0.25) is 5.91 Å². The Balaban J connectivity index is 1.60. The summed E-state index contributed by atoms with van der Waals surface area (Å²) in [6.45, 7) is 7.20. The van der Waals surface area contributed by atoms with Crippen LogP contribution in [0.15, 0.2) is 78.9 Å². The number of nitrogens with one attached hydrogen (secondary N) is 1. The molecular weight excluding hydrogens is 422 g/mol. The van der Waals surface area contributed by atoms with E-state index in [0.717, 1.165) is 33.3 Å². The lowest BCUT2D eigenvalue weighted by molar-refractivity contribution is -0.115. The average Bonchev–Trinajstić information content (AvgIpc) is 2.86. The lowest BCUT2D eigenvalue weighted by Crippen LogP contribution is -2.30. The Bertz CT molecular complexity index is 1310. The Kier molecular flexibility index (Phi) is 7.02. The average molecular weight is 452 g/mol. The Morgan fingerprint density at radius 3 is 2.18 bits per heavy atom. The van der Waals surface area contributed by atoms with Crippen molar-refractivity contribution in [1.29, 1.82) is 0 Å². The highest BCUT2D eigenvalue weighted by atomic mass is 16.2. The molecule has 1 heterocycles. The number of nitrogens with zero attached hydrogens (tertiary/aromatic N) is 2. The molecule has 0 saturated carbocycles. The van der Waals surface area contributed by atoms with Crippen LogP contribution < -0.4 is 5.32 Å². The molecule has 1 aromatic heterocycles. The fraction of sp³-hybridized carbons (Fsp3) is 0.207. The van der Waals surface area contributed by atoms with E-state index in [0.29, 0.717) is 24.3 Å². The van der Waals surface area contributed by atoms with E-state index in [1.165, 1.54) is 0 Å². The summed E-state index contributed by atoms with van der Waals surface area (Å²) in [6, 6.07) is 25.2. The Labute approximate surface area is 200 Å². The van der Waals surface area contributed by atoms with Gasteiger partial charge in [0.05, 0.1) is 11.9 Å². The van der Waals surface area contributed by atoms with Crippen molar-refractivity contribution in [3.8, 4) is 11.1 Å². The summed E-state index contributed by atoms with van der Waals surface area (Å²) < 4.78 is 0. The number of anilines is 1. The monoisotopic (exact) mass is 451 g/mol. The molecule has 34 heavy (non-hydrogen) atoms. The van der Waals surface area contributed by atoms with Crippen molar-refractivity contribution in [2.75, 3.05) is 18.4 Å². The molecule has 0 spiro atoms. The number of carbonyl (C=O) groups excluding carboxylic acids is 2. The summed E-state index contributed by atoms with van der Waals surface area (Å²) in [6.07, 6.45) is 0.202. The van der Waals surface area contributed by atoms with Crippen LogP contribution in [0.3, 0.4) is 0 Å². The zero-order chi connectivity index (χ0) is 24.1. The molecule has 4 rings (SSSR count). The number of aromatic nitrogens is 1. The summed E-state index contributed by atoms with van der Waals surface area (Å²) in [7, 11) is 0. The van der Waals surface area contributed by atoms with Gasteiger partial charge in [-0.2, -0.15) is 0 Å². The molecule has 0 unspecified atom stereocenters. The van der Waals surface area contributed by atoms with Gasteiger partial charge in [0.25, 0.3) is 5.91 Å². The lowest BCUT2D eigenvalue weighted by Gasteiger charge is -2.18. The SMILES string of the molecule is CCN(CC)C(=O)c1ccc(NC(=O)Cc2c(C)nc3ccccc3c2-c2ccccc2)cc1. The zero-order valence-corrected chi connectivity index (χ0v) is 19.8. The minimum atomic E-state index is -0.125. The fourth-order valence-electron chi connectivity index (χ4n) is 4.28. The highest BCUT2D eigenvalue weighted by molar-refractivity contribution is 6.00. The topological polar surface area (TPSA) is 62.3 Å². The molecular formula is C29H29N3O2. The maximum atomic E-state index is 13.1. The van der Waals surface area contributed by atoms with Crippen molar-refractivity contribution >= 4 is 28.4 Å². The largest absolute Gasteiger partial charge is 0.339 e. The van der Waals surface area contributed by atoms with Crippen LogP contribution >= 0.6 is 0 Å². The van der Waals surface area contributed by atoms with Gasteiger partial charge in [0, 0.05) is 35.4 Å². The van der Waals surface area contributed by atoms with Crippen molar-refractivity contribution in [2.24, 2.45) is 0 Å². The molecule has 0 aliphatic carbocycles. The number of para-hydroxylation sites is 1. The molecule has 0 fully saturated rings. The first kappa shape index (κ1) is 23.2. The highest BCUT2D eigenvalue weighted by Gasteiger charge is 2.18. The summed E-state index contributed by atoms with van der Waals surface area (Å²) in [5.41, 5.74) is 6.04. The van der Waals surface area contributed by atoms with Crippen molar-refractivity contribution in [2.45, 2.75) is 27.2 Å². The fourth-order valence-corrected chi connectivity index (χ4v) is 4.28. The number of amides is 2. The number of pyridine rings is 1. The van der Waals surface area contributed by atoms with Crippen molar-refractivity contribution in [3.05, 3.63) is 95.7 Å². The smallest absolute Gasteiger partial charge is 0.253 e. The van der Waals surface area contributed by atoms with Crippen LogP contribution in [-0.4, -0.2) is 34.8 Å². The number of fused-ring (bicyclic) bond motifs is 1. The third-order valence-electron chi connectivity index (χ3n) is 6.07. The predicted octanol–water partition coefficient (Wildman–Crippen LogP) is 5.87. The maximum Gasteiger partial charge on any atom is 0.253 e. The van der Waals surface area contributed by atoms with Gasteiger partial charge in [0.1, 0.15) is 0 Å². The molecule has 2 amide bonds. The number of rotatable bonds is 7. The molecule has 0 atom stereocenters. The lowest BCUT2D eigenvalue weighted by atomic mass is 9.92. The predicted molar refractivity (Wildman–Crippen MR) is 138 cm³/mol. The first-order valence-corrected chi connectivity index (χ1v) is 11.6. The Morgan fingerprint density at radius 1 is 0.853 bits per heavy atom. The summed E-state index contributed by atoms with van der Waals surface area (Å²) in [5, 5.41) is 4.01. The van der Waals surface area contributed by atoms with Gasteiger partial charge >= 0.3 is 0 Å². The van der Waals surface area contributed by atoms with Crippen LogP contribution in [0.2, 0.25) is 0 Å². The van der Waals surface area contributed by atoms with Crippen molar-refractivity contribution in [1.82, 2.24) is 9.88 Å². The number of hydrogen-bond acceptors (Lipinski definition) is 3. The molecule has 0 aliphatic heterocycles. The maximum absolute atomic E-state index is 13.1. The van der Waals surface area contributed by atoms with Gasteiger partial charge in [0.15, 0.2) is 0 Å². The van der Waals surface area contributed by atoms with E-state index in [9.17, 15) is 9.59 Å². The molecule has 0 aliphatic rings. The van der Waals surface area contributed by atoms with E-state index in [1.807, 2.05) is 57.2 Å². The first-order valence-electron chi connectivity index (χ1n) is 11.6. The first-order chi connectivity index (χ1) is 16.5. The highest BCUT2D eigenvalue weighted by Crippen LogP contribution is 2.33. The van der Waals surface area contributed by atoms with Gasteiger partial charge < -0.3 is 10.2 Å². The van der Waals surface area contributed by atoms with E-state index in [-0.39, 0.29) is 18.2 Å². The molecule has 5 heteroatoms. The van der Waals surface area contributed by atoms with E-state index >= 15 is 0 Å². The molecule has 172 valence electrons. The van der Waals surface area contributed by atoms with E-state index < -0.39 is 0 Å². The second kappa shape index (κ2) is 10.3. The zero-order valence-electron chi connectivity index (χ0n) is 19.8. The number of hydrogen-bond donors (Lipinski definition) is 1. The van der Waals surface area contributed by atoms with Gasteiger partial charge in [-0.05, 0) is 67.8 Å². The standard InChI is InChI=1S/C29H29N3O2/c1-4-32(5-2)29(34)22-15-17-23(18-16-22)31-27(33)19-25-20(3)30-26-14-10-9-13-24(26)28(25)21-11-7-6-8-12-21/h6-18H,4-5,19H2,1-3H3,(H,31,33). The number of aryl methyl sites for hydroxylation is 1. The van der Waals surface area contributed by atoms with Crippen molar-refractivity contribution < 1.29 is 9.59 Å². The van der Waals surface area contributed by atoms with Crippen LogP contribution in [0.4, 0.5) is 5.69 Å². The summed E-state index contributed by atoms with van der Waals surface area (Å²) >= 11 is 0. The molecule has 5 nitrogen and oxygen atoms in total. The van der Waals surface area contributed by atoms with Gasteiger partial charge in [-0.25, -0.2) is 0 Å². The van der Waals surface area contributed by atoms with Crippen LogP contribution in [0.1, 0.15) is 35.5 Å². The minimum absolute atomic E-state index is 0.00626. The molecule has 4 aromatic rings. The quantitative estimate of drug-likeness (QED) is 0.382. The molecule has 1 N–H and O–H groups in total. The number of carbonyl (C=O) groups is 2. The van der Waals surface area contributed by atoms with E-state index in [4.69, 9.17) is 4.98 Å². The molecule has 0 saturated heterocycles. The number of benzene rings is 3. The second-order valence-corrected chi connectivity index (χ2v) is 8.21. The van der Waals surface area contributed by atoms with E-state index in [1.54, 1.807) is 29.2 Å². The van der Waals surface area contributed by atoms with Crippen LogP contribution in [-0.2, 0) is 11.2 Å². The van der Waals surface area contributed by atoms with Gasteiger partial charge in [-0.3, -0.25) is 14.6 Å². The summed E-state index contributed by atoms with van der Waals surface area (Å²) in [4.78, 5) is 32.1. The molecule has 0 bridgehead atoms. The Hall–Kier alpha value is -3.99. The Morgan fingerprint density at radius 2 is 1.50 bits per heavy atom. The third-order valence-corrected chi connectivity index (χ3v) is 6.07. The summed E-state index contributed by atoms with van der Waals surface area (Å²) in [5.74, 6) is -0.131. The van der Waals surface area contributed by atoms with E-state index in [2.05, 4.69) is 23.5 Å². The van der Waals surface area contributed by atoms with Crippen LogP contribution in [0.25, 0.3) is 22.0 Å². The molecule has 3 aromatic carbocycles. The second-order valence-electron chi connectivity index (χ2n) is 8.21. The normalized spacial score (nSPS) is 10.8.